The van der Waals surface area contributed by atoms with Crippen LogP contribution in [0.25, 0.3) is 0 Å². The van der Waals surface area contributed by atoms with Gasteiger partial charge in [-0.15, -0.1) is 0 Å². The molecule has 3 aliphatic rings. The maximum atomic E-state index is 13.9. The number of fused-ring (bicyclic) bond motifs is 3. The summed E-state index contributed by atoms with van der Waals surface area (Å²) in [4.78, 5) is 37.0. The van der Waals surface area contributed by atoms with E-state index in [2.05, 4.69) is 9.97 Å². The summed E-state index contributed by atoms with van der Waals surface area (Å²) in [5, 5.41) is 0. The first-order valence-corrected chi connectivity index (χ1v) is 10.5. The Bertz CT molecular complexity index is 1120. The van der Waals surface area contributed by atoms with Gasteiger partial charge in [-0.2, -0.15) is 18.2 Å². The van der Waals surface area contributed by atoms with Gasteiger partial charge in [-0.3, -0.25) is 19.1 Å². The molecule has 5 heterocycles. The van der Waals surface area contributed by atoms with Crippen molar-refractivity contribution in [3.8, 4) is 0 Å². The van der Waals surface area contributed by atoms with Crippen LogP contribution in [0.15, 0.2) is 29.3 Å². The molecule has 32 heavy (non-hydrogen) atoms. The van der Waals surface area contributed by atoms with Crippen LogP contribution >= 0.6 is 0 Å². The molecule has 170 valence electrons. The molecule has 0 N–H and O–H groups in total. The number of aromatic nitrogens is 3. The van der Waals surface area contributed by atoms with Crippen LogP contribution in [0.5, 0.6) is 0 Å². The van der Waals surface area contributed by atoms with E-state index >= 15 is 0 Å². The molecule has 11 heteroatoms. The van der Waals surface area contributed by atoms with E-state index in [0.717, 1.165) is 11.3 Å². The maximum absolute atomic E-state index is 13.9. The number of pyridine rings is 1. The molecule has 2 aromatic heterocycles. The van der Waals surface area contributed by atoms with Crippen LogP contribution in [0.1, 0.15) is 28.8 Å². The van der Waals surface area contributed by atoms with E-state index in [9.17, 15) is 22.8 Å². The van der Waals surface area contributed by atoms with E-state index in [0.29, 0.717) is 24.5 Å². The second kappa shape index (κ2) is 7.58. The van der Waals surface area contributed by atoms with Crippen molar-refractivity contribution < 1.29 is 22.7 Å². The molecule has 2 fully saturated rings. The van der Waals surface area contributed by atoms with Gasteiger partial charge in [0.1, 0.15) is 11.9 Å². The topological polar surface area (TPSA) is 80.6 Å². The van der Waals surface area contributed by atoms with Crippen LogP contribution in [0.2, 0.25) is 0 Å². The first-order chi connectivity index (χ1) is 15.2. The van der Waals surface area contributed by atoms with Gasteiger partial charge in [0.05, 0.1) is 25.3 Å². The molecule has 0 aromatic carbocycles. The number of aryl methyl sites for hydroxylation is 1. The van der Waals surface area contributed by atoms with Crippen molar-refractivity contribution in [2.45, 2.75) is 50.7 Å². The lowest BCUT2D eigenvalue weighted by Gasteiger charge is -2.39. The van der Waals surface area contributed by atoms with Crippen molar-refractivity contribution in [3.05, 3.63) is 46.0 Å². The summed E-state index contributed by atoms with van der Waals surface area (Å²) < 4.78 is 48.6. The number of hydrogen-bond acceptors (Lipinski definition) is 7. The van der Waals surface area contributed by atoms with Crippen molar-refractivity contribution in [2.75, 3.05) is 29.5 Å². The van der Waals surface area contributed by atoms with Gasteiger partial charge in [0, 0.05) is 37.1 Å². The summed E-state index contributed by atoms with van der Waals surface area (Å²) in [6.07, 6.45) is -1.21. The third-order valence-corrected chi connectivity index (χ3v) is 6.46. The Kier molecular flexibility index (Phi) is 4.95. The number of carbonyl (C=O) groups is 1. The fourth-order valence-corrected chi connectivity index (χ4v) is 4.80. The zero-order valence-corrected chi connectivity index (χ0v) is 17.4. The average molecular weight is 449 g/mol. The lowest BCUT2D eigenvalue weighted by atomic mass is 10.0. The van der Waals surface area contributed by atoms with Crippen LogP contribution in [0.4, 0.5) is 24.9 Å². The van der Waals surface area contributed by atoms with Crippen molar-refractivity contribution in [1.82, 2.24) is 14.5 Å². The Morgan fingerprint density at radius 1 is 1.34 bits per heavy atom. The van der Waals surface area contributed by atoms with E-state index in [1.54, 1.807) is 13.0 Å². The second-order valence-corrected chi connectivity index (χ2v) is 8.49. The van der Waals surface area contributed by atoms with Crippen molar-refractivity contribution in [1.29, 1.82) is 0 Å². The van der Waals surface area contributed by atoms with Gasteiger partial charge < -0.3 is 14.5 Å². The van der Waals surface area contributed by atoms with Crippen molar-refractivity contribution in [2.24, 2.45) is 0 Å². The number of halogens is 3. The van der Waals surface area contributed by atoms with E-state index in [4.69, 9.17) is 4.74 Å². The van der Waals surface area contributed by atoms with Gasteiger partial charge in [-0.1, -0.05) is 0 Å². The minimum Gasteiger partial charge on any atom is -0.374 e. The molecule has 2 bridgehead atoms. The highest BCUT2D eigenvalue weighted by Crippen LogP contribution is 2.36. The molecule has 2 saturated heterocycles. The highest BCUT2D eigenvalue weighted by Gasteiger charge is 2.48. The van der Waals surface area contributed by atoms with Crippen LogP contribution in [-0.4, -0.2) is 64.4 Å². The minimum absolute atomic E-state index is 0.0368. The highest BCUT2D eigenvalue weighted by molar-refractivity contribution is 6.00. The van der Waals surface area contributed by atoms with Gasteiger partial charge in [-0.05, 0) is 31.4 Å². The Morgan fingerprint density at radius 3 is 2.81 bits per heavy atom. The SMILES string of the molecule is Cc1ccncc1C(=O)CN1c2nc(N3CC4CC3CO4)cc(=O)n2CC[C@H]1C(F)(F)F. The predicted molar refractivity (Wildman–Crippen MR) is 109 cm³/mol. The van der Waals surface area contributed by atoms with Gasteiger partial charge >= 0.3 is 6.18 Å². The Labute approximate surface area is 181 Å². The quantitative estimate of drug-likeness (QED) is 0.660. The number of ether oxygens (including phenoxy) is 1. The van der Waals surface area contributed by atoms with E-state index in [-0.39, 0.29) is 36.6 Å². The Hall–Kier alpha value is -2.95. The Morgan fingerprint density at radius 2 is 2.16 bits per heavy atom. The van der Waals surface area contributed by atoms with Crippen LogP contribution in [0.3, 0.4) is 0 Å². The zero-order chi connectivity index (χ0) is 22.6. The minimum atomic E-state index is -4.58. The van der Waals surface area contributed by atoms with Crippen LogP contribution < -0.4 is 15.4 Å². The smallest absolute Gasteiger partial charge is 0.374 e. The first kappa shape index (κ1) is 20.9. The largest absolute Gasteiger partial charge is 0.408 e. The monoisotopic (exact) mass is 449 g/mol. The number of rotatable bonds is 4. The number of ketones is 1. The summed E-state index contributed by atoms with van der Waals surface area (Å²) in [7, 11) is 0. The lowest BCUT2D eigenvalue weighted by Crippen LogP contribution is -2.54. The van der Waals surface area contributed by atoms with Gasteiger partial charge in [0.15, 0.2) is 5.78 Å². The normalized spacial score (nSPS) is 24.7. The molecule has 3 atom stereocenters. The fraction of sp³-hybridized carbons (Fsp3) is 0.524. The third kappa shape index (κ3) is 3.54. The fourth-order valence-electron chi connectivity index (χ4n) is 4.80. The number of hydrogen-bond donors (Lipinski definition) is 0. The first-order valence-electron chi connectivity index (χ1n) is 10.5. The zero-order valence-electron chi connectivity index (χ0n) is 17.4. The summed E-state index contributed by atoms with van der Waals surface area (Å²) in [6.45, 7) is 2.07. The molecule has 2 unspecified atom stereocenters. The number of anilines is 2. The number of carbonyl (C=O) groups excluding carboxylic acids is 1. The number of alkyl halides is 3. The lowest BCUT2D eigenvalue weighted by molar-refractivity contribution is -0.152. The molecule has 0 aliphatic carbocycles. The molecular formula is C21H22F3N5O3. The highest BCUT2D eigenvalue weighted by atomic mass is 19.4. The van der Waals surface area contributed by atoms with Crippen LogP contribution in [0, 0.1) is 6.92 Å². The van der Waals surface area contributed by atoms with E-state index in [1.807, 2.05) is 4.90 Å². The van der Waals surface area contributed by atoms with Crippen LogP contribution in [-0.2, 0) is 11.3 Å². The molecule has 0 radical (unpaired) electrons. The summed E-state index contributed by atoms with van der Waals surface area (Å²) >= 11 is 0. The van der Waals surface area contributed by atoms with Crippen molar-refractivity contribution >= 4 is 17.5 Å². The van der Waals surface area contributed by atoms with Crippen molar-refractivity contribution in [3.63, 3.8) is 0 Å². The number of morpholine rings is 1. The van der Waals surface area contributed by atoms with E-state index < -0.39 is 30.1 Å². The number of nitrogens with zero attached hydrogens (tertiary/aromatic N) is 5. The maximum Gasteiger partial charge on any atom is 0.408 e. The summed E-state index contributed by atoms with van der Waals surface area (Å²) in [5.74, 6) is -0.305. The molecule has 0 saturated carbocycles. The molecule has 0 amide bonds. The standard InChI is InChI=1S/C21H22F3N5O3/c1-12-2-4-25-8-15(12)16(30)10-29-17(21(22,23)24)3-5-27-19(31)7-18(26-20(27)29)28-9-14-6-13(28)11-32-14/h2,4,7-8,13-14,17H,3,5-6,9-11H2,1H3/t13?,14?,17-/m0/s1. The summed E-state index contributed by atoms with van der Waals surface area (Å²) in [5.41, 5.74) is 0.445. The molecule has 2 aromatic rings. The number of Topliss-reactive ketones (excluding diaryl/α,β-unsaturated/α-hetero) is 1. The van der Waals surface area contributed by atoms with Gasteiger partial charge in [0.2, 0.25) is 5.95 Å². The summed E-state index contributed by atoms with van der Waals surface area (Å²) in [6, 6.07) is 1.13. The molecule has 5 rings (SSSR count). The molecule has 3 aliphatic heterocycles. The third-order valence-electron chi connectivity index (χ3n) is 6.46. The second-order valence-electron chi connectivity index (χ2n) is 8.49. The molecule has 0 spiro atoms. The van der Waals surface area contributed by atoms with E-state index in [1.165, 1.54) is 23.0 Å². The molecule has 8 nitrogen and oxygen atoms in total. The predicted octanol–water partition coefficient (Wildman–Crippen LogP) is 1.95. The van der Waals surface area contributed by atoms with Gasteiger partial charge in [0.25, 0.3) is 5.56 Å². The average Bonchev–Trinajstić information content (AvgIpc) is 3.37. The molecular weight excluding hydrogens is 427 g/mol. The Balaban J connectivity index is 1.55. The van der Waals surface area contributed by atoms with Gasteiger partial charge in [-0.25, -0.2) is 0 Å².